The standard InChI is InChI=1S/C7H3F9O2/c1-2-3(17)18-5(10,7(14,15)16)4(8,9)6(11,12)13/h2H,1H2. The van der Waals surface area contributed by atoms with Crippen LogP contribution in [0, 0.1) is 0 Å². The summed E-state index contributed by atoms with van der Waals surface area (Å²) in [5.74, 6) is -15.9. The SMILES string of the molecule is C=CC(=O)OC(F)(C(F)(F)F)C(F)(F)C(F)(F)F. The molecule has 0 fully saturated rings. The first-order valence-electron chi connectivity index (χ1n) is 3.76. The van der Waals surface area contributed by atoms with Gasteiger partial charge in [0.1, 0.15) is 0 Å². The van der Waals surface area contributed by atoms with Crippen LogP contribution >= 0.6 is 0 Å². The molecule has 0 amide bonds. The highest BCUT2D eigenvalue weighted by Gasteiger charge is 2.84. The molecule has 0 bridgehead atoms. The number of hydrogen-bond acceptors (Lipinski definition) is 2. The predicted molar refractivity (Wildman–Crippen MR) is 37.2 cm³/mol. The fraction of sp³-hybridized carbons (Fsp3) is 0.571. The van der Waals surface area contributed by atoms with Gasteiger partial charge in [-0.3, -0.25) is 0 Å². The molecular formula is C7H3F9O2. The molecule has 0 rings (SSSR count). The molecule has 0 saturated carbocycles. The zero-order valence-corrected chi connectivity index (χ0v) is 8.00. The highest BCUT2D eigenvalue weighted by atomic mass is 19.4. The smallest absolute Gasteiger partial charge is 0.411 e. The van der Waals surface area contributed by atoms with E-state index in [4.69, 9.17) is 0 Å². The van der Waals surface area contributed by atoms with Crippen molar-refractivity contribution in [3.05, 3.63) is 12.7 Å². The van der Waals surface area contributed by atoms with Gasteiger partial charge in [0.15, 0.2) is 0 Å². The molecule has 0 aliphatic rings. The second-order valence-electron chi connectivity index (χ2n) is 2.79. The maximum absolute atomic E-state index is 12.9. The molecule has 0 heterocycles. The summed E-state index contributed by atoms with van der Waals surface area (Å²) in [4.78, 5) is 10.3. The van der Waals surface area contributed by atoms with E-state index in [0.29, 0.717) is 0 Å². The molecular weight excluding hydrogens is 287 g/mol. The van der Waals surface area contributed by atoms with Crippen LogP contribution in [0.3, 0.4) is 0 Å². The van der Waals surface area contributed by atoms with Gasteiger partial charge < -0.3 is 4.74 Å². The van der Waals surface area contributed by atoms with Crippen molar-refractivity contribution in [2.45, 2.75) is 24.1 Å². The molecule has 0 aromatic rings. The molecule has 2 nitrogen and oxygen atoms in total. The largest absolute Gasteiger partial charge is 0.467 e. The summed E-state index contributed by atoms with van der Waals surface area (Å²) in [7, 11) is 0. The summed E-state index contributed by atoms with van der Waals surface area (Å²) in [6, 6.07) is 0. The Balaban J connectivity index is 5.79. The Morgan fingerprint density at radius 1 is 0.889 bits per heavy atom. The van der Waals surface area contributed by atoms with E-state index in [9.17, 15) is 44.3 Å². The Bertz CT molecular complexity index is 342. The molecule has 0 aromatic carbocycles. The molecule has 1 atom stereocenters. The zero-order chi connectivity index (χ0) is 15.0. The lowest BCUT2D eigenvalue weighted by atomic mass is 10.1. The van der Waals surface area contributed by atoms with Crippen LogP contribution in [-0.4, -0.2) is 30.1 Å². The number of rotatable bonds is 3. The summed E-state index contributed by atoms with van der Waals surface area (Å²) in [5, 5.41) is 0. The summed E-state index contributed by atoms with van der Waals surface area (Å²) in [6.45, 7) is 2.44. The van der Waals surface area contributed by atoms with E-state index >= 15 is 0 Å². The Morgan fingerprint density at radius 3 is 1.50 bits per heavy atom. The van der Waals surface area contributed by atoms with Crippen LogP contribution in [0.5, 0.6) is 0 Å². The van der Waals surface area contributed by atoms with Gasteiger partial charge in [0.2, 0.25) is 0 Å². The summed E-state index contributed by atoms with van der Waals surface area (Å²) >= 11 is 0. The van der Waals surface area contributed by atoms with E-state index in [1.165, 1.54) is 0 Å². The van der Waals surface area contributed by atoms with Gasteiger partial charge in [-0.1, -0.05) is 6.58 Å². The number of carbonyl (C=O) groups is 1. The highest BCUT2D eigenvalue weighted by Crippen LogP contribution is 2.53. The van der Waals surface area contributed by atoms with Crippen LogP contribution in [0.4, 0.5) is 39.5 Å². The van der Waals surface area contributed by atoms with Gasteiger partial charge in [-0.05, 0) is 0 Å². The van der Waals surface area contributed by atoms with E-state index in [1.54, 1.807) is 0 Å². The molecule has 1 unspecified atom stereocenters. The van der Waals surface area contributed by atoms with Gasteiger partial charge in [-0.15, -0.1) is 0 Å². The minimum absolute atomic E-state index is 0.202. The molecule has 106 valence electrons. The monoisotopic (exact) mass is 290 g/mol. The van der Waals surface area contributed by atoms with Gasteiger partial charge in [-0.25, -0.2) is 4.79 Å². The quantitative estimate of drug-likeness (QED) is 0.453. The summed E-state index contributed by atoms with van der Waals surface area (Å²) in [5.41, 5.74) is 0. The van der Waals surface area contributed by atoms with Crippen LogP contribution in [-0.2, 0) is 9.53 Å². The number of halogens is 9. The number of alkyl halides is 9. The van der Waals surface area contributed by atoms with E-state index in [-0.39, 0.29) is 6.08 Å². The maximum Gasteiger partial charge on any atom is 0.467 e. The lowest BCUT2D eigenvalue weighted by Crippen LogP contribution is -2.64. The number of ether oxygens (including phenoxy) is 1. The topological polar surface area (TPSA) is 26.3 Å². The molecule has 0 aromatic heterocycles. The Morgan fingerprint density at radius 2 is 1.28 bits per heavy atom. The van der Waals surface area contributed by atoms with Crippen molar-refractivity contribution in [2.24, 2.45) is 0 Å². The normalized spacial score (nSPS) is 16.9. The minimum Gasteiger partial charge on any atom is -0.411 e. The van der Waals surface area contributed by atoms with E-state index in [0.717, 1.165) is 0 Å². The lowest BCUT2D eigenvalue weighted by molar-refractivity contribution is -0.439. The maximum atomic E-state index is 12.9. The third-order valence-electron chi connectivity index (χ3n) is 1.53. The first-order valence-corrected chi connectivity index (χ1v) is 3.76. The Labute approximate surface area is 93.0 Å². The molecule has 0 aliphatic heterocycles. The molecule has 11 heteroatoms. The van der Waals surface area contributed by atoms with Gasteiger partial charge in [0, 0.05) is 6.08 Å². The van der Waals surface area contributed by atoms with Crippen LogP contribution < -0.4 is 0 Å². The average molecular weight is 290 g/mol. The first kappa shape index (κ1) is 16.6. The molecule has 0 saturated heterocycles. The molecule has 0 radical (unpaired) electrons. The molecule has 0 spiro atoms. The first-order chi connectivity index (χ1) is 7.70. The van der Waals surface area contributed by atoms with E-state index in [2.05, 4.69) is 11.3 Å². The number of esters is 1. The summed E-state index contributed by atoms with van der Waals surface area (Å²) < 4.78 is 111. The number of carbonyl (C=O) groups excluding carboxylic acids is 1. The second kappa shape index (κ2) is 4.35. The third-order valence-corrected chi connectivity index (χ3v) is 1.53. The van der Waals surface area contributed by atoms with Crippen LogP contribution in [0.2, 0.25) is 0 Å². The van der Waals surface area contributed by atoms with Crippen molar-refractivity contribution in [1.82, 2.24) is 0 Å². The summed E-state index contributed by atoms with van der Waals surface area (Å²) in [6.07, 6.45) is -13.9. The van der Waals surface area contributed by atoms with Crippen LogP contribution in [0.1, 0.15) is 0 Å². The van der Waals surface area contributed by atoms with Gasteiger partial charge >= 0.3 is 30.1 Å². The van der Waals surface area contributed by atoms with Gasteiger partial charge in [0.05, 0.1) is 0 Å². The van der Waals surface area contributed by atoms with Crippen molar-refractivity contribution in [1.29, 1.82) is 0 Å². The van der Waals surface area contributed by atoms with Gasteiger partial charge in [0.25, 0.3) is 0 Å². The second-order valence-corrected chi connectivity index (χ2v) is 2.79. The fourth-order valence-corrected chi connectivity index (χ4v) is 0.663. The minimum atomic E-state index is -6.98. The molecule has 18 heavy (non-hydrogen) atoms. The van der Waals surface area contributed by atoms with E-state index < -0.39 is 30.1 Å². The Hall–Kier alpha value is -1.42. The van der Waals surface area contributed by atoms with Crippen molar-refractivity contribution >= 4 is 5.97 Å². The van der Waals surface area contributed by atoms with E-state index in [1.807, 2.05) is 0 Å². The Kier molecular flexibility index (Phi) is 4.01. The average Bonchev–Trinajstić information content (AvgIpc) is 2.13. The number of hydrogen-bond donors (Lipinski definition) is 0. The fourth-order valence-electron chi connectivity index (χ4n) is 0.663. The molecule has 0 aliphatic carbocycles. The highest BCUT2D eigenvalue weighted by molar-refractivity contribution is 5.81. The molecule has 0 N–H and O–H groups in total. The van der Waals surface area contributed by atoms with Crippen LogP contribution in [0.15, 0.2) is 12.7 Å². The lowest BCUT2D eigenvalue weighted by Gasteiger charge is -2.34. The zero-order valence-electron chi connectivity index (χ0n) is 8.00. The van der Waals surface area contributed by atoms with Gasteiger partial charge in [-0.2, -0.15) is 39.5 Å². The van der Waals surface area contributed by atoms with Crippen molar-refractivity contribution in [2.75, 3.05) is 0 Å². The predicted octanol–water partition coefficient (Wildman–Crippen LogP) is 3.14. The van der Waals surface area contributed by atoms with Crippen molar-refractivity contribution in [3.63, 3.8) is 0 Å². The van der Waals surface area contributed by atoms with Crippen molar-refractivity contribution < 1.29 is 49.0 Å². The van der Waals surface area contributed by atoms with Crippen molar-refractivity contribution in [3.8, 4) is 0 Å². The van der Waals surface area contributed by atoms with Crippen LogP contribution in [0.25, 0.3) is 0 Å². The third kappa shape index (κ3) is 2.53.